The summed E-state index contributed by atoms with van der Waals surface area (Å²) in [6.07, 6.45) is 7.39. The zero-order valence-electron chi connectivity index (χ0n) is 20.0. The number of hydrogen-bond donors (Lipinski definition) is 1. The monoisotopic (exact) mass is 472 g/mol. The van der Waals surface area contributed by atoms with E-state index in [0.29, 0.717) is 25.9 Å². The van der Waals surface area contributed by atoms with Gasteiger partial charge >= 0.3 is 0 Å². The number of hydrogen-bond acceptors (Lipinski definition) is 6. The molecule has 7 nitrogen and oxygen atoms in total. The smallest absolute Gasteiger partial charge is 0.263 e. The van der Waals surface area contributed by atoms with Gasteiger partial charge in [0.05, 0.1) is 17.5 Å². The molecule has 0 spiro atoms. The average molecular weight is 473 g/mol. The minimum atomic E-state index is -3.08. The van der Waals surface area contributed by atoms with E-state index >= 15 is 0 Å². The summed E-state index contributed by atoms with van der Waals surface area (Å²) >= 11 is 0. The molecule has 8 heteroatoms. The molecule has 2 atom stereocenters. The fraction of sp³-hybridized carbons (Fsp3) is 0.600. The third-order valence-corrected chi connectivity index (χ3v) is 8.38. The van der Waals surface area contributed by atoms with Crippen molar-refractivity contribution in [3.8, 4) is 6.07 Å². The Hall–Kier alpha value is -2.37. The fourth-order valence-electron chi connectivity index (χ4n) is 4.64. The Bertz CT molecular complexity index is 1030. The quantitative estimate of drug-likeness (QED) is 0.439. The molecule has 1 N–H and O–H groups in total. The maximum absolute atomic E-state index is 13.1. The van der Waals surface area contributed by atoms with Gasteiger partial charge in [0.15, 0.2) is 9.84 Å². The number of likely N-dealkylation sites (N-methyl/N-ethyl adjacent to an activating group) is 1. The van der Waals surface area contributed by atoms with E-state index in [-0.39, 0.29) is 29.2 Å². The lowest BCUT2D eigenvalue weighted by Crippen LogP contribution is -2.38. The lowest BCUT2D eigenvalue weighted by atomic mass is 9.88. The molecule has 0 radical (unpaired) electrons. The summed E-state index contributed by atoms with van der Waals surface area (Å²) in [6.45, 7) is 3.26. The van der Waals surface area contributed by atoms with Gasteiger partial charge in [0, 0.05) is 25.3 Å². The average Bonchev–Trinajstić information content (AvgIpc) is 3.16. The molecule has 3 rings (SSSR count). The van der Waals surface area contributed by atoms with E-state index < -0.39 is 15.7 Å². The van der Waals surface area contributed by atoms with Gasteiger partial charge in [0.2, 0.25) is 0 Å². The minimum Gasteiger partial charge on any atom is -0.371 e. The van der Waals surface area contributed by atoms with Crippen molar-refractivity contribution in [1.29, 1.82) is 5.26 Å². The number of nitrogens with zero attached hydrogens (tertiary/aromatic N) is 3. The van der Waals surface area contributed by atoms with Crippen LogP contribution in [-0.2, 0) is 27.5 Å². The van der Waals surface area contributed by atoms with E-state index in [1.807, 2.05) is 36.9 Å². The van der Waals surface area contributed by atoms with Gasteiger partial charge in [-0.2, -0.15) is 5.26 Å². The highest BCUT2D eigenvalue weighted by molar-refractivity contribution is 7.91. The summed E-state index contributed by atoms with van der Waals surface area (Å²) < 4.78 is 24.0. The number of nitrogens with one attached hydrogen (secondary N) is 1. The lowest BCUT2D eigenvalue weighted by Gasteiger charge is -2.28. The highest BCUT2D eigenvalue weighted by Gasteiger charge is 2.32. The molecule has 33 heavy (non-hydrogen) atoms. The van der Waals surface area contributed by atoms with Gasteiger partial charge in [-0.25, -0.2) is 8.42 Å². The van der Waals surface area contributed by atoms with Crippen molar-refractivity contribution in [3.63, 3.8) is 0 Å². The van der Waals surface area contributed by atoms with Gasteiger partial charge in [-0.3, -0.25) is 4.79 Å². The second-order valence-electron chi connectivity index (χ2n) is 9.42. The van der Waals surface area contributed by atoms with Gasteiger partial charge in [-0.1, -0.05) is 25.1 Å². The first-order valence-corrected chi connectivity index (χ1v) is 13.7. The molecule has 1 heterocycles. The largest absolute Gasteiger partial charge is 0.371 e. The van der Waals surface area contributed by atoms with Gasteiger partial charge in [-0.05, 0) is 69.3 Å². The normalized spacial score (nSPS) is 20.7. The number of benzene rings is 1. The molecule has 1 amide bonds. The minimum absolute atomic E-state index is 0.00876. The highest BCUT2D eigenvalue weighted by Crippen LogP contribution is 2.26. The van der Waals surface area contributed by atoms with Gasteiger partial charge < -0.3 is 15.1 Å². The van der Waals surface area contributed by atoms with E-state index in [2.05, 4.69) is 23.5 Å². The number of amides is 1. The van der Waals surface area contributed by atoms with Crippen LogP contribution in [-0.4, -0.2) is 68.9 Å². The van der Waals surface area contributed by atoms with Gasteiger partial charge in [-0.15, -0.1) is 0 Å². The maximum Gasteiger partial charge on any atom is 0.263 e. The standard InChI is InChI=1S/C25H36N4O3S/c1-4-24(21-10-9-19-7-5-6-8-20(19)15-21)27-25(30)22(16-26)17-29(13-12-28(2)3)23-11-14-33(31,32)18-23/h9-10,15,17,23-24H,4-8,11-14,18H2,1-3H3,(H,27,30)/b22-17-. The van der Waals surface area contributed by atoms with E-state index in [9.17, 15) is 18.5 Å². The first kappa shape index (κ1) is 25.3. The highest BCUT2D eigenvalue weighted by atomic mass is 32.2. The van der Waals surface area contributed by atoms with Gasteiger partial charge in [0.25, 0.3) is 5.91 Å². The molecule has 2 aliphatic rings. The van der Waals surface area contributed by atoms with E-state index in [1.54, 1.807) is 6.20 Å². The molecule has 180 valence electrons. The van der Waals surface area contributed by atoms with Crippen LogP contribution in [0.2, 0.25) is 0 Å². The predicted octanol–water partition coefficient (Wildman–Crippen LogP) is 2.59. The Morgan fingerprint density at radius 1 is 1.24 bits per heavy atom. The molecule has 1 aliphatic carbocycles. The lowest BCUT2D eigenvalue weighted by molar-refractivity contribution is -0.118. The Morgan fingerprint density at radius 3 is 2.58 bits per heavy atom. The molecule has 1 aromatic rings. The van der Waals surface area contributed by atoms with Crippen molar-refractivity contribution in [2.75, 3.05) is 38.7 Å². The summed E-state index contributed by atoms with van der Waals surface area (Å²) in [7, 11) is 0.804. The van der Waals surface area contributed by atoms with Crippen LogP contribution in [0.5, 0.6) is 0 Å². The molecule has 0 bridgehead atoms. The van der Waals surface area contributed by atoms with Crippen molar-refractivity contribution in [2.45, 2.75) is 57.5 Å². The van der Waals surface area contributed by atoms with Crippen molar-refractivity contribution >= 4 is 15.7 Å². The van der Waals surface area contributed by atoms with Crippen LogP contribution < -0.4 is 5.32 Å². The molecular weight excluding hydrogens is 436 g/mol. The van der Waals surface area contributed by atoms with Crippen LogP contribution in [0.4, 0.5) is 0 Å². The topological polar surface area (TPSA) is 93.5 Å². The second-order valence-corrected chi connectivity index (χ2v) is 11.7. The summed E-state index contributed by atoms with van der Waals surface area (Å²) in [5, 5.41) is 12.8. The molecule has 1 aromatic carbocycles. The van der Waals surface area contributed by atoms with Crippen LogP contribution in [0, 0.1) is 11.3 Å². The summed E-state index contributed by atoms with van der Waals surface area (Å²) in [5.41, 5.74) is 3.83. The number of carbonyl (C=O) groups excluding carboxylic acids is 1. The second kappa shape index (κ2) is 11.2. The number of nitriles is 1. The van der Waals surface area contributed by atoms with Crippen molar-refractivity contribution in [3.05, 3.63) is 46.7 Å². The summed E-state index contributed by atoms with van der Waals surface area (Å²) in [5.74, 6) is -0.212. The molecule has 0 aromatic heterocycles. The number of sulfone groups is 1. The molecule has 1 aliphatic heterocycles. The summed E-state index contributed by atoms with van der Waals surface area (Å²) in [6, 6.07) is 8.10. The van der Waals surface area contributed by atoms with E-state index in [1.165, 1.54) is 24.0 Å². The van der Waals surface area contributed by atoms with Crippen LogP contribution in [0.25, 0.3) is 0 Å². The van der Waals surface area contributed by atoms with Crippen molar-refractivity contribution in [2.24, 2.45) is 0 Å². The number of rotatable bonds is 9. The number of aryl methyl sites for hydroxylation is 2. The maximum atomic E-state index is 13.1. The Labute approximate surface area is 198 Å². The third-order valence-electron chi connectivity index (χ3n) is 6.63. The Morgan fingerprint density at radius 2 is 1.97 bits per heavy atom. The third kappa shape index (κ3) is 6.81. The Kier molecular flexibility index (Phi) is 8.55. The van der Waals surface area contributed by atoms with Crippen LogP contribution in [0.3, 0.4) is 0 Å². The van der Waals surface area contributed by atoms with Crippen molar-refractivity contribution < 1.29 is 13.2 Å². The van der Waals surface area contributed by atoms with Crippen LogP contribution in [0.15, 0.2) is 30.0 Å². The van der Waals surface area contributed by atoms with Crippen LogP contribution in [0.1, 0.15) is 55.3 Å². The zero-order valence-corrected chi connectivity index (χ0v) is 20.8. The van der Waals surface area contributed by atoms with Gasteiger partial charge in [0.1, 0.15) is 11.6 Å². The summed E-state index contributed by atoms with van der Waals surface area (Å²) in [4.78, 5) is 16.9. The zero-order chi connectivity index (χ0) is 24.0. The molecule has 0 saturated carbocycles. The first-order chi connectivity index (χ1) is 15.7. The van der Waals surface area contributed by atoms with Crippen LogP contribution >= 0.6 is 0 Å². The number of fused-ring (bicyclic) bond motifs is 1. The number of carbonyl (C=O) groups is 1. The molecule has 1 fully saturated rings. The fourth-order valence-corrected chi connectivity index (χ4v) is 6.38. The predicted molar refractivity (Wildman–Crippen MR) is 130 cm³/mol. The SMILES string of the molecule is CCC(NC(=O)/C(C#N)=C\N(CCN(C)C)C1CCS(=O)(=O)C1)c1ccc2c(c1)CCCC2. The Balaban J connectivity index is 1.77. The van der Waals surface area contributed by atoms with E-state index in [4.69, 9.17) is 0 Å². The molecule has 2 unspecified atom stereocenters. The molecular formula is C25H36N4O3S. The first-order valence-electron chi connectivity index (χ1n) is 11.9. The van der Waals surface area contributed by atoms with E-state index in [0.717, 1.165) is 18.4 Å². The van der Waals surface area contributed by atoms with Crippen molar-refractivity contribution in [1.82, 2.24) is 15.1 Å². The molecule has 1 saturated heterocycles.